The Bertz CT molecular complexity index is 1150. The highest BCUT2D eigenvalue weighted by Gasteiger charge is 2.30. The lowest BCUT2D eigenvalue weighted by molar-refractivity contribution is 0.0510. The molecule has 5 rings (SSSR count). The lowest BCUT2D eigenvalue weighted by Crippen LogP contribution is -2.42. The molecule has 32 heavy (non-hydrogen) atoms. The zero-order valence-electron chi connectivity index (χ0n) is 18.6. The quantitative estimate of drug-likeness (QED) is 0.561. The third kappa shape index (κ3) is 4.07. The van der Waals surface area contributed by atoms with Crippen molar-refractivity contribution in [1.82, 2.24) is 14.7 Å². The SMILES string of the molecule is Cc1c(Cc2ccc(-c3cnn(C)c3)cc2)cc2c(c1Cl)CCN(CC1CCCO1)C2=O. The molecule has 2 aliphatic heterocycles. The minimum absolute atomic E-state index is 0.0804. The van der Waals surface area contributed by atoms with Gasteiger partial charge in [-0.2, -0.15) is 5.10 Å². The Morgan fingerprint density at radius 1 is 1.22 bits per heavy atom. The van der Waals surface area contributed by atoms with Crippen molar-refractivity contribution in [1.29, 1.82) is 0 Å². The third-order valence-corrected chi connectivity index (χ3v) is 7.22. The Balaban J connectivity index is 1.38. The van der Waals surface area contributed by atoms with Crippen molar-refractivity contribution in [2.45, 2.75) is 38.7 Å². The van der Waals surface area contributed by atoms with Crippen LogP contribution in [0.3, 0.4) is 0 Å². The second-order valence-corrected chi connectivity index (χ2v) is 9.29. The van der Waals surface area contributed by atoms with Gasteiger partial charge in [-0.25, -0.2) is 0 Å². The molecule has 0 saturated carbocycles. The minimum atomic E-state index is 0.0804. The van der Waals surface area contributed by atoms with Crippen molar-refractivity contribution >= 4 is 17.5 Å². The van der Waals surface area contributed by atoms with E-state index in [1.807, 2.05) is 24.3 Å². The predicted molar refractivity (Wildman–Crippen MR) is 126 cm³/mol. The molecule has 0 aliphatic carbocycles. The molecule has 166 valence electrons. The number of carbonyl (C=O) groups excluding carboxylic acids is 1. The molecule has 1 amide bonds. The van der Waals surface area contributed by atoms with E-state index in [1.54, 1.807) is 4.68 Å². The van der Waals surface area contributed by atoms with Crippen LogP contribution in [0.25, 0.3) is 11.1 Å². The van der Waals surface area contributed by atoms with Gasteiger partial charge in [0.1, 0.15) is 0 Å². The number of ether oxygens (including phenoxy) is 1. The summed E-state index contributed by atoms with van der Waals surface area (Å²) in [6.07, 6.45) is 7.70. The fourth-order valence-electron chi connectivity index (χ4n) is 4.81. The zero-order chi connectivity index (χ0) is 22.2. The summed E-state index contributed by atoms with van der Waals surface area (Å²) in [6, 6.07) is 10.6. The molecule has 5 nitrogen and oxygen atoms in total. The fraction of sp³-hybridized carbons (Fsp3) is 0.385. The van der Waals surface area contributed by atoms with Crippen molar-refractivity contribution in [3.8, 4) is 11.1 Å². The Labute approximate surface area is 193 Å². The maximum Gasteiger partial charge on any atom is 0.254 e. The van der Waals surface area contributed by atoms with Crippen molar-refractivity contribution in [2.75, 3.05) is 19.7 Å². The van der Waals surface area contributed by atoms with Gasteiger partial charge in [0.2, 0.25) is 0 Å². The van der Waals surface area contributed by atoms with Gasteiger partial charge in [-0.05, 0) is 66.5 Å². The largest absolute Gasteiger partial charge is 0.376 e. The Hall–Kier alpha value is -2.63. The second kappa shape index (κ2) is 8.72. The Morgan fingerprint density at radius 3 is 2.72 bits per heavy atom. The van der Waals surface area contributed by atoms with E-state index in [0.29, 0.717) is 13.1 Å². The first-order chi connectivity index (χ1) is 15.5. The molecule has 6 heteroatoms. The molecule has 0 N–H and O–H groups in total. The number of aryl methyl sites for hydroxylation is 1. The Kier molecular flexibility index (Phi) is 5.78. The lowest BCUT2D eigenvalue weighted by atomic mass is 9.90. The van der Waals surface area contributed by atoms with Gasteiger partial charge in [-0.15, -0.1) is 0 Å². The summed E-state index contributed by atoms with van der Waals surface area (Å²) < 4.78 is 7.56. The summed E-state index contributed by atoms with van der Waals surface area (Å²) >= 11 is 6.77. The number of benzene rings is 2. The number of rotatable bonds is 5. The van der Waals surface area contributed by atoms with Crippen LogP contribution in [-0.4, -0.2) is 46.4 Å². The first-order valence-corrected chi connectivity index (χ1v) is 11.7. The average molecular weight is 450 g/mol. The molecular formula is C26H28ClN3O2. The number of nitrogens with zero attached hydrogens (tertiary/aromatic N) is 3. The number of hydrogen-bond donors (Lipinski definition) is 0. The van der Waals surface area contributed by atoms with Crippen molar-refractivity contribution in [2.24, 2.45) is 7.05 Å². The molecule has 1 fully saturated rings. The molecule has 2 aromatic carbocycles. The summed E-state index contributed by atoms with van der Waals surface area (Å²) in [5.74, 6) is 0.0804. The number of halogens is 1. The van der Waals surface area contributed by atoms with Crippen LogP contribution in [0.1, 0.15) is 45.5 Å². The molecule has 3 heterocycles. The predicted octanol–water partition coefficient (Wildman–Crippen LogP) is 4.82. The van der Waals surface area contributed by atoms with E-state index < -0.39 is 0 Å². The van der Waals surface area contributed by atoms with E-state index in [0.717, 1.165) is 70.7 Å². The van der Waals surface area contributed by atoms with Crippen molar-refractivity contribution < 1.29 is 9.53 Å². The lowest BCUT2D eigenvalue weighted by Gasteiger charge is -2.31. The van der Waals surface area contributed by atoms with Gasteiger partial charge in [0.15, 0.2) is 0 Å². The van der Waals surface area contributed by atoms with Gasteiger partial charge in [-0.1, -0.05) is 35.9 Å². The summed E-state index contributed by atoms with van der Waals surface area (Å²) in [6.45, 7) is 4.25. The summed E-state index contributed by atoms with van der Waals surface area (Å²) in [5.41, 5.74) is 7.36. The fourth-order valence-corrected chi connectivity index (χ4v) is 5.12. The summed E-state index contributed by atoms with van der Waals surface area (Å²) in [7, 11) is 1.92. The highest BCUT2D eigenvalue weighted by molar-refractivity contribution is 6.32. The zero-order valence-corrected chi connectivity index (χ0v) is 19.4. The molecule has 3 aromatic rings. The number of fused-ring (bicyclic) bond motifs is 1. The number of aromatic nitrogens is 2. The van der Waals surface area contributed by atoms with E-state index in [2.05, 4.69) is 42.4 Å². The molecular weight excluding hydrogens is 422 g/mol. The standard InChI is InChI=1S/C26H28ClN3O2/c1-17-20(12-18-5-7-19(8-6-18)21-14-28-29(2)15-21)13-24-23(25(17)27)9-10-30(26(24)31)16-22-4-3-11-32-22/h5-8,13-15,22H,3-4,9-12,16H2,1-2H3. The minimum Gasteiger partial charge on any atom is -0.376 e. The second-order valence-electron chi connectivity index (χ2n) is 8.91. The van der Waals surface area contributed by atoms with Gasteiger partial charge in [0.05, 0.1) is 12.3 Å². The molecule has 0 radical (unpaired) electrons. The van der Waals surface area contributed by atoms with Crippen LogP contribution in [0.5, 0.6) is 0 Å². The Morgan fingerprint density at radius 2 is 2.03 bits per heavy atom. The van der Waals surface area contributed by atoms with Crippen LogP contribution < -0.4 is 0 Å². The van der Waals surface area contributed by atoms with Crippen LogP contribution in [0.4, 0.5) is 0 Å². The van der Waals surface area contributed by atoms with E-state index in [1.165, 1.54) is 5.56 Å². The molecule has 1 unspecified atom stereocenters. The van der Waals surface area contributed by atoms with Crippen LogP contribution >= 0.6 is 11.6 Å². The van der Waals surface area contributed by atoms with E-state index >= 15 is 0 Å². The normalized spacial score (nSPS) is 18.3. The number of amides is 1. The van der Waals surface area contributed by atoms with E-state index in [9.17, 15) is 4.79 Å². The van der Waals surface area contributed by atoms with E-state index in [-0.39, 0.29) is 12.0 Å². The molecule has 2 aliphatic rings. The van der Waals surface area contributed by atoms with Crippen LogP contribution in [0.2, 0.25) is 5.02 Å². The van der Waals surface area contributed by atoms with E-state index in [4.69, 9.17) is 16.3 Å². The van der Waals surface area contributed by atoms with Gasteiger partial charge >= 0.3 is 0 Å². The maximum atomic E-state index is 13.3. The summed E-state index contributed by atoms with van der Waals surface area (Å²) in [4.78, 5) is 15.2. The summed E-state index contributed by atoms with van der Waals surface area (Å²) in [5, 5.41) is 4.99. The highest BCUT2D eigenvalue weighted by Crippen LogP contribution is 2.33. The molecule has 1 saturated heterocycles. The van der Waals surface area contributed by atoms with Gasteiger partial charge in [0.25, 0.3) is 5.91 Å². The first-order valence-electron chi connectivity index (χ1n) is 11.3. The highest BCUT2D eigenvalue weighted by atomic mass is 35.5. The van der Waals surface area contributed by atoms with Gasteiger partial charge < -0.3 is 9.64 Å². The molecule has 0 spiro atoms. The average Bonchev–Trinajstić information content (AvgIpc) is 3.46. The maximum absolute atomic E-state index is 13.3. The smallest absolute Gasteiger partial charge is 0.254 e. The third-order valence-electron chi connectivity index (χ3n) is 6.70. The van der Waals surface area contributed by atoms with Gasteiger partial charge in [0, 0.05) is 49.1 Å². The van der Waals surface area contributed by atoms with Crippen LogP contribution in [0, 0.1) is 6.92 Å². The first kappa shape index (κ1) is 21.2. The van der Waals surface area contributed by atoms with Gasteiger partial charge in [-0.3, -0.25) is 9.48 Å². The van der Waals surface area contributed by atoms with Crippen molar-refractivity contribution in [3.05, 3.63) is 75.6 Å². The van der Waals surface area contributed by atoms with Crippen LogP contribution in [0.15, 0.2) is 42.7 Å². The number of hydrogen-bond acceptors (Lipinski definition) is 3. The number of carbonyl (C=O) groups is 1. The van der Waals surface area contributed by atoms with Crippen LogP contribution in [-0.2, 0) is 24.6 Å². The van der Waals surface area contributed by atoms with Crippen molar-refractivity contribution in [3.63, 3.8) is 0 Å². The molecule has 1 atom stereocenters. The molecule has 1 aromatic heterocycles. The molecule has 0 bridgehead atoms. The topological polar surface area (TPSA) is 47.4 Å². The monoisotopic (exact) mass is 449 g/mol.